The lowest BCUT2D eigenvalue weighted by Crippen LogP contribution is -2.25. The van der Waals surface area contributed by atoms with E-state index in [0.717, 1.165) is 32.1 Å². The molecule has 1 saturated carbocycles. The lowest BCUT2D eigenvalue weighted by Gasteiger charge is -2.29. The Morgan fingerprint density at radius 1 is 1.12 bits per heavy atom. The third-order valence-corrected chi connectivity index (χ3v) is 5.48. The van der Waals surface area contributed by atoms with Gasteiger partial charge >= 0.3 is 6.18 Å². The molecule has 2 nitrogen and oxygen atoms in total. The third kappa shape index (κ3) is 3.98. The Morgan fingerprint density at radius 2 is 1.77 bits per heavy atom. The monoisotopic (exact) mass is 365 g/mol. The smallest absolute Gasteiger partial charge is 0.420 e. The Hall–Kier alpha value is -1.75. The van der Waals surface area contributed by atoms with Gasteiger partial charge in [0.25, 0.3) is 0 Å². The van der Waals surface area contributed by atoms with Crippen molar-refractivity contribution in [2.75, 3.05) is 0 Å². The number of ether oxygens (including phenoxy) is 1. The number of alkyl halides is 3. The largest absolute Gasteiger partial charge is 0.490 e. The van der Waals surface area contributed by atoms with E-state index in [1.165, 1.54) is 6.07 Å². The zero-order chi connectivity index (χ0) is 18.9. The van der Waals surface area contributed by atoms with Gasteiger partial charge in [0.2, 0.25) is 0 Å². The molecule has 26 heavy (non-hydrogen) atoms. The first-order valence-electron chi connectivity index (χ1n) is 9.35. The van der Waals surface area contributed by atoms with E-state index in [1.807, 2.05) is 0 Å². The van der Waals surface area contributed by atoms with Crippen molar-refractivity contribution in [1.82, 2.24) is 0 Å². The van der Waals surface area contributed by atoms with Gasteiger partial charge in [-0.25, -0.2) is 0 Å². The highest BCUT2D eigenvalue weighted by Gasteiger charge is 2.37. The first kappa shape index (κ1) is 19.0. The van der Waals surface area contributed by atoms with E-state index in [4.69, 9.17) is 10.5 Å². The molecule has 5 heteroatoms. The predicted molar refractivity (Wildman–Crippen MR) is 98.2 cm³/mol. The number of hydrogen-bond donors (Lipinski definition) is 1. The maximum Gasteiger partial charge on any atom is 0.420 e. The molecule has 1 aliphatic rings. The summed E-state index contributed by atoms with van der Waals surface area (Å²) in [5.74, 6) is 0.605. The van der Waals surface area contributed by atoms with E-state index in [1.54, 1.807) is 31.2 Å². The number of halogens is 3. The molecular weight excluding hydrogens is 339 g/mol. The van der Waals surface area contributed by atoms with Crippen LogP contribution in [-0.4, -0.2) is 6.10 Å². The summed E-state index contributed by atoms with van der Waals surface area (Å²) in [4.78, 5) is 0. The lowest BCUT2D eigenvalue weighted by molar-refractivity contribution is -0.138. The Bertz CT molecular complexity index is 762. The van der Waals surface area contributed by atoms with Crippen LogP contribution in [0.25, 0.3) is 10.8 Å². The van der Waals surface area contributed by atoms with E-state index < -0.39 is 11.7 Å². The molecule has 0 heterocycles. The molecule has 2 N–H and O–H groups in total. The van der Waals surface area contributed by atoms with Crippen molar-refractivity contribution in [3.63, 3.8) is 0 Å². The summed E-state index contributed by atoms with van der Waals surface area (Å²) in [6.07, 6.45) is 0.160. The summed E-state index contributed by atoms with van der Waals surface area (Å²) in [5.41, 5.74) is 5.86. The second-order valence-corrected chi connectivity index (χ2v) is 7.37. The van der Waals surface area contributed by atoms with Crippen LogP contribution in [-0.2, 0) is 6.18 Å². The molecule has 2 aromatic carbocycles. The quantitative estimate of drug-likeness (QED) is 0.697. The van der Waals surface area contributed by atoms with Crippen molar-refractivity contribution in [3.05, 3.63) is 41.5 Å². The minimum absolute atomic E-state index is 0.0632. The number of rotatable bonds is 4. The number of nitrogens with two attached hydrogens (primary N) is 1. The van der Waals surface area contributed by atoms with Crippen LogP contribution in [0.3, 0.4) is 0 Å². The van der Waals surface area contributed by atoms with Gasteiger partial charge in [0.1, 0.15) is 11.3 Å². The standard InChI is InChI=1S/C21H26F3NO/c1-3-14-4-9-17(10-5-14)26-19-11-8-15-6-7-16(13(2)25)12-18(15)20(19)21(22,23)24/h6-8,11-14,17H,3-5,9-10,25H2,1-2H3/t13-,14?,17?/m1/s1. The highest BCUT2D eigenvalue weighted by molar-refractivity contribution is 5.89. The van der Waals surface area contributed by atoms with Gasteiger partial charge in [-0.1, -0.05) is 31.5 Å². The molecule has 1 atom stereocenters. The minimum atomic E-state index is -4.48. The van der Waals surface area contributed by atoms with E-state index in [9.17, 15) is 13.2 Å². The number of hydrogen-bond acceptors (Lipinski definition) is 2. The Labute approximate surface area is 152 Å². The fraction of sp³-hybridized carbons (Fsp3) is 0.524. The van der Waals surface area contributed by atoms with E-state index in [0.29, 0.717) is 16.9 Å². The molecule has 0 saturated heterocycles. The molecule has 0 aromatic heterocycles. The van der Waals surface area contributed by atoms with Gasteiger partial charge in [0, 0.05) is 6.04 Å². The molecule has 0 radical (unpaired) electrons. The lowest BCUT2D eigenvalue weighted by atomic mass is 9.86. The van der Waals surface area contributed by atoms with Crippen LogP contribution in [0.4, 0.5) is 13.2 Å². The summed E-state index contributed by atoms with van der Waals surface area (Å²) < 4.78 is 47.5. The highest BCUT2D eigenvalue weighted by Crippen LogP contribution is 2.43. The molecule has 142 valence electrons. The second-order valence-electron chi connectivity index (χ2n) is 7.37. The Balaban J connectivity index is 1.99. The van der Waals surface area contributed by atoms with Gasteiger partial charge in [0.05, 0.1) is 6.10 Å². The summed E-state index contributed by atoms with van der Waals surface area (Å²) >= 11 is 0. The zero-order valence-corrected chi connectivity index (χ0v) is 15.3. The van der Waals surface area contributed by atoms with Gasteiger partial charge in [-0.15, -0.1) is 0 Å². The highest BCUT2D eigenvalue weighted by atomic mass is 19.4. The Morgan fingerprint density at radius 3 is 2.35 bits per heavy atom. The number of benzene rings is 2. The van der Waals surface area contributed by atoms with Crippen molar-refractivity contribution in [2.24, 2.45) is 11.7 Å². The first-order chi connectivity index (χ1) is 12.3. The van der Waals surface area contributed by atoms with Crippen molar-refractivity contribution in [1.29, 1.82) is 0 Å². The molecule has 0 bridgehead atoms. The summed E-state index contributed by atoms with van der Waals surface area (Å²) in [7, 11) is 0. The third-order valence-electron chi connectivity index (χ3n) is 5.48. The van der Waals surface area contributed by atoms with Gasteiger partial charge in [-0.3, -0.25) is 0 Å². The molecule has 0 spiro atoms. The van der Waals surface area contributed by atoms with E-state index in [-0.39, 0.29) is 23.3 Å². The zero-order valence-electron chi connectivity index (χ0n) is 15.3. The van der Waals surface area contributed by atoms with Gasteiger partial charge in [-0.2, -0.15) is 13.2 Å². The molecular formula is C21H26F3NO. The molecule has 1 fully saturated rings. The van der Waals surface area contributed by atoms with Crippen LogP contribution in [0.15, 0.2) is 30.3 Å². The average Bonchev–Trinajstić information content (AvgIpc) is 2.60. The average molecular weight is 365 g/mol. The summed E-state index contributed by atoms with van der Waals surface area (Å²) in [6.45, 7) is 3.92. The van der Waals surface area contributed by atoms with Crippen molar-refractivity contribution < 1.29 is 17.9 Å². The first-order valence-corrected chi connectivity index (χ1v) is 9.35. The van der Waals surface area contributed by atoms with Crippen molar-refractivity contribution in [3.8, 4) is 5.75 Å². The van der Waals surface area contributed by atoms with Crippen LogP contribution in [0.5, 0.6) is 5.75 Å². The van der Waals surface area contributed by atoms with E-state index >= 15 is 0 Å². The van der Waals surface area contributed by atoms with Gasteiger partial charge < -0.3 is 10.5 Å². The van der Waals surface area contributed by atoms with Crippen LogP contribution in [0.2, 0.25) is 0 Å². The summed E-state index contributed by atoms with van der Waals surface area (Å²) in [5, 5.41) is 0.704. The predicted octanol–water partition coefficient (Wildman–Crippen LogP) is 6.23. The number of fused-ring (bicyclic) bond motifs is 1. The minimum Gasteiger partial charge on any atom is -0.490 e. The van der Waals surface area contributed by atoms with Gasteiger partial charge in [-0.05, 0) is 67.0 Å². The SMILES string of the molecule is CCC1CCC(Oc2ccc3ccc([C@@H](C)N)cc3c2C(F)(F)F)CC1. The van der Waals surface area contributed by atoms with Crippen LogP contribution < -0.4 is 10.5 Å². The fourth-order valence-electron chi connectivity index (χ4n) is 3.83. The van der Waals surface area contributed by atoms with Crippen molar-refractivity contribution >= 4 is 10.8 Å². The molecule has 0 aliphatic heterocycles. The van der Waals surface area contributed by atoms with Gasteiger partial charge in [0.15, 0.2) is 0 Å². The normalized spacial score (nSPS) is 22.4. The van der Waals surface area contributed by atoms with Crippen LogP contribution >= 0.6 is 0 Å². The van der Waals surface area contributed by atoms with Crippen LogP contribution in [0, 0.1) is 5.92 Å². The second kappa shape index (κ2) is 7.47. The molecule has 2 aromatic rings. The molecule has 3 rings (SSSR count). The maximum atomic E-state index is 13.9. The fourth-order valence-corrected chi connectivity index (χ4v) is 3.83. The molecule has 0 amide bonds. The van der Waals surface area contributed by atoms with E-state index in [2.05, 4.69) is 6.92 Å². The topological polar surface area (TPSA) is 35.2 Å². The Kier molecular flexibility index (Phi) is 5.47. The van der Waals surface area contributed by atoms with Crippen LogP contribution in [0.1, 0.15) is 63.1 Å². The van der Waals surface area contributed by atoms with Crippen molar-refractivity contribution in [2.45, 2.75) is 64.3 Å². The molecule has 0 unspecified atom stereocenters. The maximum absolute atomic E-state index is 13.9. The molecule has 1 aliphatic carbocycles. The summed E-state index contributed by atoms with van der Waals surface area (Å²) in [6, 6.07) is 7.85.